The summed E-state index contributed by atoms with van der Waals surface area (Å²) in [4.78, 5) is 4.89. The van der Waals surface area contributed by atoms with Crippen molar-refractivity contribution in [3.8, 4) is 22.3 Å². The third kappa shape index (κ3) is 8.07. The maximum Gasteiger partial charge on any atom is 0.252 e. The van der Waals surface area contributed by atoms with Gasteiger partial charge in [0.25, 0.3) is 6.71 Å². The molecule has 0 bridgehead atoms. The summed E-state index contributed by atoms with van der Waals surface area (Å²) in [6.45, 7) is 23.1. The lowest BCUT2D eigenvalue weighted by Gasteiger charge is -2.48. The van der Waals surface area contributed by atoms with E-state index in [1.807, 2.05) is 12.1 Å². The second kappa shape index (κ2) is 17.9. The zero-order valence-corrected chi connectivity index (χ0v) is 46.4. The van der Waals surface area contributed by atoms with Gasteiger partial charge in [0.2, 0.25) is 0 Å². The van der Waals surface area contributed by atoms with E-state index in [1.165, 1.54) is 49.9 Å². The molecule has 2 heterocycles. The van der Waals surface area contributed by atoms with Crippen LogP contribution in [0, 0.1) is 6.85 Å². The van der Waals surface area contributed by atoms with Crippen molar-refractivity contribution in [3.63, 3.8) is 0 Å². The second-order valence-electron chi connectivity index (χ2n) is 25.5. The Hall–Kier alpha value is -7.36. The molecule has 0 N–H and O–H groups in total. The van der Waals surface area contributed by atoms with Gasteiger partial charge in [-0.15, -0.1) is 0 Å². The summed E-state index contributed by atoms with van der Waals surface area (Å²) in [5.41, 5.74) is 22.0. The first-order chi connectivity index (χ1) is 37.4. The number of fused-ring (bicyclic) bond motifs is 5. The summed E-state index contributed by atoms with van der Waals surface area (Å²) in [6, 6.07) is 73.4. The number of aryl methyl sites for hydroxylation is 1. The molecule has 0 radical (unpaired) electrons. The van der Waals surface area contributed by atoms with Gasteiger partial charge in [0.1, 0.15) is 0 Å². The molecular formula is C73H73BN2. The first-order valence-corrected chi connectivity index (χ1v) is 27.6. The Morgan fingerprint density at radius 3 is 1.55 bits per heavy atom. The minimum Gasteiger partial charge on any atom is -0.311 e. The predicted molar refractivity (Wildman–Crippen MR) is 327 cm³/mol. The molecule has 0 saturated heterocycles. The molecule has 0 unspecified atom stereocenters. The Bertz CT molecular complexity index is 3830. The number of anilines is 6. The molecule has 9 aromatic rings. The van der Waals surface area contributed by atoms with Crippen LogP contribution in [-0.4, -0.2) is 6.71 Å². The van der Waals surface area contributed by atoms with E-state index in [9.17, 15) is 4.11 Å². The molecule has 0 aromatic heterocycles. The van der Waals surface area contributed by atoms with Crippen LogP contribution in [0.3, 0.4) is 0 Å². The zero-order valence-electron chi connectivity index (χ0n) is 49.4. The lowest BCUT2D eigenvalue weighted by atomic mass is 9.33. The smallest absolute Gasteiger partial charge is 0.252 e. The van der Waals surface area contributed by atoms with Crippen LogP contribution in [-0.2, 0) is 27.1 Å². The van der Waals surface area contributed by atoms with E-state index in [0.29, 0.717) is 5.56 Å². The molecule has 2 nitrogen and oxygen atoms in total. The van der Waals surface area contributed by atoms with Crippen molar-refractivity contribution in [2.75, 3.05) is 9.80 Å². The molecule has 76 heavy (non-hydrogen) atoms. The van der Waals surface area contributed by atoms with Crippen LogP contribution in [0.15, 0.2) is 200 Å². The van der Waals surface area contributed by atoms with Crippen LogP contribution in [0.2, 0.25) is 0 Å². The summed E-state index contributed by atoms with van der Waals surface area (Å²) in [5.74, 6) is 0. The summed E-state index contributed by atoms with van der Waals surface area (Å²) in [6.07, 6.45) is 2.14. The van der Waals surface area contributed by atoms with E-state index in [2.05, 4.69) is 274 Å². The minimum absolute atomic E-state index is 0.0772. The first-order valence-electron chi connectivity index (χ1n) is 29.1. The Morgan fingerprint density at radius 2 is 0.934 bits per heavy atom. The van der Waals surface area contributed by atoms with Crippen molar-refractivity contribution < 1.29 is 4.11 Å². The highest BCUT2D eigenvalue weighted by molar-refractivity contribution is 7.00. The van der Waals surface area contributed by atoms with Crippen molar-refractivity contribution >= 4 is 57.2 Å². The summed E-state index contributed by atoms with van der Waals surface area (Å²) >= 11 is 0. The lowest BCUT2D eigenvalue weighted by Crippen LogP contribution is -2.62. The normalized spacial score (nSPS) is 16.1. The van der Waals surface area contributed by atoms with Gasteiger partial charge in [0.15, 0.2) is 0 Å². The monoisotopic (exact) mass is 992 g/mol. The van der Waals surface area contributed by atoms with Crippen LogP contribution >= 0.6 is 0 Å². The van der Waals surface area contributed by atoms with Gasteiger partial charge in [0.05, 0.1) is 5.69 Å². The third-order valence-electron chi connectivity index (χ3n) is 18.0. The van der Waals surface area contributed by atoms with E-state index in [0.717, 1.165) is 74.7 Å². The summed E-state index contributed by atoms with van der Waals surface area (Å²) < 4.78 is 28.2. The van der Waals surface area contributed by atoms with Crippen LogP contribution in [0.5, 0.6) is 0 Å². The summed E-state index contributed by atoms with van der Waals surface area (Å²) in [5, 5.41) is 0. The van der Waals surface area contributed by atoms with E-state index in [1.54, 1.807) is 0 Å². The molecule has 0 amide bonds. The quantitative estimate of drug-likeness (QED) is 0.140. The van der Waals surface area contributed by atoms with Crippen molar-refractivity contribution in [1.29, 1.82) is 0 Å². The molecular weight excluding hydrogens is 916 g/mol. The highest BCUT2D eigenvalue weighted by Gasteiger charge is 2.47. The van der Waals surface area contributed by atoms with Gasteiger partial charge in [-0.2, -0.15) is 0 Å². The lowest BCUT2D eigenvalue weighted by molar-refractivity contribution is 0.332. The van der Waals surface area contributed by atoms with Crippen LogP contribution in [0.25, 0.3) is 22.3 Å². The molecule has 0 atom stereocenters. The van der Waals surface area contributed by atoms with E-state index < -0.39 is 6.85 Å². The van der Waals surface area contributed by atoms with Crippen molar-refractivity contribution in [1.82, 2.24) is 0 Å². The third-order valence-corrected chi connectivity index (χ3v) is 18.0. The average Bonchev–Trinajstić information content (AvgIpc) is 3.42. The van der Waals surface area contributed by atoms with Gasteiger partial charge < -0.3 is 9.80 Å². The molecule has 378 valence electrons. The van der Waals surface area contributed by atoms with Crippen molar-refractivity contribution in [2.45, 2.75) is 123 Å². The molecule has 3 heteroatoms. The van der Waals surface area contributed by atoms with Gasteiger partial charge in [-0.3, -0.25) is 0 Å². The molecule has 2 aliphatic heterocycles. The number of rotatable bonds is 8. The molecule has 0 fully saturated rings. The minimum atomic E-state index is -2.44. The Labute approximate surface area is 458 Å². The van der Waals surface area contributed by atoms with Crippen molar-refractivity contribution in [3.05, 3.63) is 245 Å². The Kier molecular flexibility index (Phi) is 10.8. The van der Waals surface area contributed by atoms with Crippen LogP contribution in [0.1, 0.15) is 138 Å². The van der Waals surface area contributed by atoms with Crippen LogP contribution < -0.4 is 26.2 Å². The van der Waals surface area contributed by atoms with Crippen molar-refractivity contribution in [2.24, 2.45) is 0 Å². The summed E-state index contributed by atoms with van der Waals surface area (Å²) in [7, 11) is 0. The highest BCUT2D eigenvalue weighted by atomic mass is 15.2. The zero-order chi connectivity index (χ0) is 55.6. The van der Waals surface area contributed by atoms with E-state index >= 15 is 0 Å². The molecule has 12 rings (SSSR count). The number of nitrogens with zero attached hydrogens (tertiary/aromatic N) is 2. The standard InChI is InChI=1S/C73H73BN2/c1-48-41-66-68-67(42-48)76(63-38-36-52(69(2,3)4)44-58(63)57-34-23-22-33-56(57)49-25-16-13-17-26-49)65-47-60-59(70(5,6)39-40-71(60,7)8)46-62(65)74(68)61-37-35-54(73(11,12)51-29-20-15-21-30-51)45-64(61)75(66)55-32-24-31-53(43-55)72(9,10)50-27-18-14-19-28-50/h13-38,41-47H,39-40H2,1-12H3/i1D3. The fraction of sp³-hybridized carbons (Fsp3) is 0.260. The largest absolute Gasteiger partial charge is 0.311 e. The van der Waals surface area contributed by atoms with E-state index in [-0.39, 0.29) is 33.8 Å². The molecule has 3 aliphatic rings. The SMILES string of the molecule is [2H]C([2H])([2H])c1cc2c3c(c1)N(c1ccc(C(C)(C)C)cc1-c1ccccc1-c1ccccc1)c1cc4c(cc1B3c1ccc(C(C)(C)c3ccccc3)cc1N2c1cccc(C(C)(C)c2ccccc2)c1)C(C)(C)CCC4(C)C. The predicted octanol–water partition coefficient (Wildman–Crippen LogP) is 17.7. The number of hydrogen-bond acceptors (Lipinski definition) is 2. The Balaban J connectivity index is 1.22. The van der Waals surface area contributed by atoms with E-state index in [4.69, 9.17) is 0 Å². The van der Waals surface area contributed by atoms with Gasteiger partial charge in [0, 0.05) is 48.9 Å². The van der Waals surface area contributed by atoms with Gasteiger partial charge in [-0.25, -0.2) is 0 Å². The molecule has 9 aromatic carbocycles. The topological polar surface area (TPSA) is 6.48 Å². The fourth-order valence-corrected chi connectivity index (χ4v) is 13.1. The Morgan fingerprint density at radius 1 is 0.408 bits per heavy atom. The number of benzene rings is 9. The molecule has 0 saturated carbocycles. The van der Waals surface area contributed by atoms with Gasteiger partial charge in [-0.1, -0.05) is 228 Å². The highest BCUT2D eigenvalue weighted by Crippen LogP contribution is 2.53. The maximum atomic E-state index is 9.40. The molecule has 0 spiro atoms. The number of hydrogen-bond donors (Lipinski definition) is 0. The first kappa shape index (κ1) is 46.0. The molecule has 1 aliphatic carbocycles. The van der Waals surface area contributed by atoms with Crippen LogP contribution in [0.4, 0.5) is 34.1 Å². The van der Waals surface area contributed by atoms with Gasteiger partial charge in [-0.05, 0) is 162 Å². The average molecular weight is 992 g/mol. The fourth-order valence-electron chi connectivity index (χ4n) is 13.1. The maximum absolute atomic E-state index is 9.40. The van der Waals surface area contributed by atoms with Gasteiger partial charge >= 0.3 is 0 Å². The second-order valence-corrected chi connectivity index (χ2v) is 25.5.